The molecule has 0 amide bonds. The van der Waals surface area contributed by atoms with Gasteiger partial charge in [-0.2, -0.15) is 0 Å². The average molecular weight is 308 g/mol. The van der Waals surface area contributed by atoms with Crippen molar-refractivity contribution in [3.05, 3.63) is 29.8 Å². The van der Waals surface area contributed by atoms with Gasteiger partial charge in [0, 0.05) is 5.56 Å². The molecule has 0 radical (unpaired) electrons. The van der Waals surface area contributed by atoms with E-state index in [1.165, 1.54) is 0 Å². The Hall–Kier alpha value is -2.21. The highest BCUT2D eigenvalue weighted by atomic mass is 16.7. The summed E-state index contributed by atoms with van der Waals surface area (Å²) in [5, 5.41) is 0. The van der Waals surface area contributed by atoms with E-state index in [9.17, 15) is 4.79 Å². The number of fused-ring (bicyclic) bond motifs is 1. The lowest BCUT2D eigenvalue weighted by Crippen LogP contribution is -2.13. The molecule has 0 spiro atoms. The van der Waals surface area contributed by atoms with E-state index in [1.54, 1.807) is 20.1 Å². The summed E-state index contributed by atoms with van der Waals surface area (Å²) in [7, 11) is 1.58. The van der Waals surface area contributed by atoms with Crippen molar-refractivity contribution in [1.29, 1.82) is 0 Å². The number of benzene rings is 1. The molecule has 0 aliphatic carbocycles. The first-order valence-electron chi connectivity index (χ1n) is 7.03. The van der Waals surface area contributed by atoms with Gasteiger partial charge in [0.2, 0.25) is 6.79 Å². The van der Waals surface area contributed by atoms with Crippen LogP contribution in [0.2, 0.25) is 0 Å². The Balaban J connectivity index is 2.20. The fourth-order valence-electron chi connectivity index (χ4n) is 2.28. The summed E-state index contributed by atoms with van der Waals surface area (Å²) in [5.41, 5.74) is 1.65. The minimum absolute atomic E-state index is 0.127. The third-order valence-corrected chi connectivity index (χ3v) is 3.13. The molecule has 6 nitrogen and oxygen atoms in total. The van der Waals surface area contributed by atoms with Crippen molar-refractivity contribution < 1.29 is 28.5 Å². The number of allylic oxidation sites excluding steroid dienone is 1. The molecule has 120 valence electrons. The molecule has 0 fully saturated rings. The summed E-state index contributed by atoms with van der Waals surface area (Å²) in [4.78, 5) is 11.3. The van der Waals surface area contributed by atoms with E-state index in [-0.39, 0.29) is 20.0 Å². The van der Waals surface area contributed by atoms with Crippen LogP contribution in [-0.2, 0) is 27.3 Å². The van der Waals surface area contributed by atoms with Gasteiger partial charge in [0.25, 0.3) is 0 Å². The maximum atomic E-state index is 11.3. The highest BCUT2D eigenvalue weighted by molar-refractivity contribution is 5.70. The largest absolute Gasteiger partial charge is 0.496 e. The molecule has 1 heterocycles. The Bertz CT molecular complexity index is 552. The third kappa shape index (κ3) is 3.51. The first kappa shape index (κ1) is 16.2. The van der Waals surface area contributed by atoms with Crippen LogP contribution >= 0.6 is 0 Å². The van der Waals surface area contributed by atoms with Crippen LogP contribution in [0.1, 0.15) is 18.1 Å². The lowest BCUT2D eigenvalue weighted by Gasteiger charge is -2.15. The number of rotatable bonds is 8. The Morgan fingerprint density at radius 3 is 2.95 bits per heavy atom. The normalized spacial score (nSPS) is 12.1. The number of ether oxygens (including phenoxy) is 5. The second-order valence-corrected chi connectivity index (χ2v) is 4.57. The molecular weight excluding hydrogens is 288 g/mol. The van der Waals surface area contributed by atoms with Crippen LogP contribution < -0.4 is 14.2 Å². The molecular formula is C16H20O6. The second kappa shape index (κ2) is 7.70. The molecule has 6 heteroatoms. The molecule has 0 saturated heterocycles. The van der Waals surface area contributed by atoms with E-state index in [2.05, 4.69) is 6.58 Å². The van der Waals surface area contributed by atoms with Crippen LogP contribution in [0, 0.1) is 0 Å². The van der Waals surface area contributed by atoms with E-state index in [0.29, 0.717) is 30.3 Å². The zero-order chi connectivity index (χ0) is 15.9. The fourth-order valence-corrected chi connectivity index (χ4v) is 2.28. The molecule has 1 aromatic carbocycles. The summed E-state index contributed by atoms with van der Waals surface area (Å²) >= 11 is 0. The first-order valence-corrected chi connectivity index (χ1v) is 7.03. The lowest BCUT2D eigenvalue weighted by molar-refractivity contribution is -0.148. The fraction of sp³-hybridized carbons (Fsp3) is 0.438. The molecule has 0 saturated carbocycles. The van der Waals surface area contributed by atoms with Crippen molar-refractivity contribution in [2.45, 2.75) is 20.0 Å². The second-order valence-electron chi connectivity index (χ2n) is 4.57. The minimum atomic E-state index is -0.405. The molecule has 0 bridgehead atoms. The van der Waals surface area contributed by atoms with Gasteiger partial charge in [0.1, 0.15) is 12.4 Å². The highest BCUT2D eigenvalue weighted by Crippen LogP contribution is 2.43. The molecule has 1 aliphatic rings. The molecule has 0 unspecified atom stereocenters. The van der Waals surface area contributed by atoms with Crippen molar-refractivity contribution >= 4 is 5.97 Å². The number of methoxy groups -OCH3 is 1. The quantitative estimate of drug-likeness (QED) is 0.542. The van der Waals surface area contributed by atoms with Crippen LogP contribution in [0.4, 0.5) is 0 Å². The monoisotopic (exact) mass is 308 g/mol. The molecule has 0 aromatic heterocycles. The van der Waals surface area contributed by atoms with Crippen LogP contribution in [0.15, 0.2) is 18.7 Å². The Kier molecular flexibility index (Phi) is 5.66. The van der Waals surface area contributed by atoms with Crippen molar-refractivity contribution in [2.24, 2.45) is 0 Å². The van der Waals surface area contributed by atoms with Crippen molar-refractivity contribution in [2.75, 3.05) is 27.1 Å². The van der Waals surface area contributed by atoms with Crippen molar-refractivity contribution in [3.63, 3.8) is 0 Å². The van der Waals surface area contributed by atoms with Gasteiger partial charge in [-0.15, -0.1) is 6.58 Å². The van der Waals surface area contributed by atoms with Crippen LogP contribution in [-0.4, -0.2) is 33.1 Å². The van der Waals surface area contributed by atoms with Crippen LogP contribution in [0.3, 0.4) is 0 Å². The predicted octanol–water partition coefficient (Wildman–Crippen LogP) is 2.23. The summed E-state index contributed by atoms with van der Waals surface area (Å²) in [6.45, 7) is 6.01. The van der Waals surface area contributed by atoms with Gasteiger partial charge in [-0.3, -0.25) is 0 Å². The molecule has 0 atom stereocenters. The standard InChI is InChI=1S/C16H20O6/c1-4-6-11-7-13-16(22-10-21-13)12(15(11)18-3)8-19-9-14(17)20-5-2/h4,7H,1,5-6,8-10H2,2-3H3. The third-order valence-electron chi connectivity index (χ3n) is 3.13. The summed E-state index contributed by atoms with van der Waals surface area (Å²) in [6.07, 6.45) is 2.41. The predicted molar refractivity (Wildman–Crippen MR) is 79.3 cm³/mol. The number of esters is 1. The molecule has 0 N–H and O–H groups in total. The maximum absolute atomic E-state index is 11.3. The number of carbonyl (C=O) groups excluding carboxylic acids is 1. The summed E-state index contributed by atoms with van der Waals surface area (Å²) in [6, 6.07) is 1.87. The SMILES string of the molecule is C=CCc1cc2c(c(COCC(=O)OCC)c1OC)OCO2. The minimum Gasteiger partial charge on any atom is -0.496 e. The molecule has 1 aromatic rings. The Morgan fingerprint density at radius 1 is 1.45 bits per heavy atom. The van der Waals surface area contributed by atoms with E-state index < -0.39 is 5.97 Å². The van der Waals surface area contributed by atoms with E-state index in [0.717, 1.165) is 11.1 Å². The van der Waals surface area contributed by atoms with Gasteiger partial charge >= 0.3 is 5.97 Å². The zero-order valence-electron chi connectivity index (χ0n) is 12.8. The summed E-state index contributed by atoms with van der Waals surface area (Å²) < 4.78 is 26.6. The lowest BCUT2D eigenvalue weighted by atomic mass is 10.0. The maximum Gasteiger partial charge on any atom is 0.332 e. The van der Waals surface area contributed by atoms with Crippen molar-refractivity contribution in [1.82, 2.24) is 0 Å². The van der Waals surface area contributed by atoms with E-state index >= 15 is 0 Å². The van der Waals surface area contributed by atoms with Gasteiger partial charge in [-0.25, -0.2) is 4.79 Å². The van der Waals surface area contributed by atoms with E-state index in [4.69, 9.17) is 23.7 Å². The highest BCUT2D eigenvalue weighted by Gasteiger charge is 2.25. The van der Waals surface area contributed by atoms with Gasteiger partial charge in [-0.05, 0) is 19.4 Å². The first-order chi connectivity index (χ1) is 10.7. The van der Waals surface area contributed by atoms with Crippen molar-refractivity contribution in [3.8, 4) is 17.2 Å². The average Bonchev–Trinajstić information content (AvgIpc) is 2.96. The van der Waals surface area contributed by atoms with E-state index in [1.807, 2.05) is 6.07 Å². The smallest absolute Gasteiger partial charge is 0.332 e. The number of hydrogen-bond donors (Lipinski definition) is 0. The Morgan fingerprint density at radius 2 is 2.27 bits per heavy atom. The number of hydrogen-bond acceptors (Lipinski definition) is 6. The molecule has 1 aliphatic heterocycles. The molecule has 2 rings (SSSR count). The zero-order valence-corrected chi connectivity index (χ0v) is 12.8. The van der Waals surface area contributed by atoms with Gasteiger partial charge in [0.15, 0.2) is 11.5 Å². The summed E-state index contributed by atoms with van der Waals surface area (Å²) in [5.74, 6) is 1.49. The van der Waals surface area contributed by atoms with Gasteiger partial charge in [0.05, 0.1) is 25.9 Å². The van der Waals surface area contributed by atoms with Gasteiger partial charge < -0.3 is 23.7 Å². The number of carbonyl (C=O) groups is 1. The topological polar surface area (TPSA) is 63.2 Å². The van der Waals surface area contributed by atoms with Crippen LogP contribution in [0.5, 0.6) is 17.2 Å². The van der Waals surface area contributed by atoms with Gasteiger partial charge in [-0.1, -0.05) is 6.08 Å². The molecule has 22 heavy (non-hydrogen) atoms. The Labute approximate surface area is 129 Å². The van der Waals surface area contributed by atoms with Crippen LogP contribution in [0.25, 0.3) is 0 Å².